The summed E-state index contributed by atoms with van der Waals surface area (Å²) >= 11 is -4.50. The van der Waals surface area contributed by atoms with Crippen molar-refractivity contribution in [2.75, 3.05) is 0 Å². The van der Waals surface area contributed by atoms with E-state index in [2.05, 4.69) is 121 Å². The Balaban J connectivity index is 0.00000192. The summed E-state index contributed by atoms with van der Waals surface area (Å²) in [6.45, 7) is 18.1. The first kappa shape index (κ1) is 34.4. The summed E-state index contributed by atoms with van der Waals surface area (Å²) in [6, 6.07) is 19.9. The molecular formula is C40H54Cl2SiZr. The Morgan fingerprint density at radius 1 is 0.864 bits per heavy atom. The van der Waals surface area contributed by atoms with Crippen molar-refractivity contribution in [3.05, 3.63) is 104 Å². The predicted octanol–water partition coefficient (Wildman–Crippen LogP) is 9.88. The second-order valence-corrected chi connectivity index (χ2v) is 38.2. The Bertz CT molecular complexity index is 1610. The van der Waals surface area contributed by atoms with E-state index < -0.39 is 17.4 Å². The van der Waals surface area contributed by atoms with Crippen molar-refractivity contribution >= 4 is 38.2 Å². The molecule has 0 aromatic heterocycles. The first-order valence-electron chi connectivity index (χ1n) is 17.0. The van der Waals surface area contributed by atoms with Crippen LogP contribution in [0.15, 0.2) is 92.8 Å². The monoisotopic (exact) mass is 722 g/mol. The Hall–Kier alpha value is -0.920. The van der Waals surface area contributed by atoms with Crippen LogP contribution >= 0.6 is 24.8 Å². The van der Waals surface area contributed by atoms with Crippen molar-refractivity contribution in [1.29, 1.82) is 0 Å². The van der Waals surface area contributed by atoms with E-state index in [1.807, 2.05) is 16.7 Å². The summed E-state index contributed by atoms with van der Waals surface area (Å²) in [5.41, 5.74) is 8.70. The van der Waals surface area contributed by atoms with Gasteiger partial charge in [0, 0.05) is 0 Å². The van der Waals surface area contributed by atoms with Gasteiger partial charge in [0.1, 0.15) is 0 Å². The maximum atomic E-state index is 2.86. The van der Waals surface area contributed by atoms with Crippen LogP contribution < -0.4 is 6.54 Å². The number of hydrogen-bond acceptors (Lipinski definition) is 0. The van der Waals surface area contributed by atoms with E-state index in [1.165, 1.54) is 56.1 Å². The quantitative estimate of drug-likeness (QED) is 0.218. The molecule has 2 aromatic carbocycles. The summed E-state index contributed by atoms with van der Waals surface area (Å²) < 4.78 is 5.28. The third-order valence-electron chi connectivity index (χ3n) is 14.1. The van der Waals surface area contributed by atoms with E-state index in [4.69, 9.17) is 0 Å². The standard InChI is InChI=1S/C21H31.2C7H7.C5H5.2ClH.H2Si.Zr/c1-13-11-16-9-10-18-17-8-6-5-7-15(17)12-19(18)20(16)14(2)21(13,3)4;2*1-7-5-3-2-4-6-7;1-2-4-5-3-1;;;;/h7,13,16-18H,5-6,8-12H2,1-4H3;2*2-3,5-6H,1H3;1-3H,4H2;2*1H;1H2;. The SMILES string of the molecule is Cc1ccc[c]([Zr](=[SiH2])([C]2=CC=CC2)([c]2cccc(C)c2)[C]2(C)C3=C4CC5=CCCCC5C4CCC3CC(C)C2(C)C)c1.Cl.Cl. The average Bonchev–Trinajstić information content (AvgIpc) is 3.65. The second kappa shape index (κ2) is 12.0. The first-order chi connectivity index (χ1) is 20.0. The zero-order valence-electron chi connectivity index (χ0n) is 27.9. The van der Waals surface area contributed by atoms with Crippen molar-refractivity contribution in [2.24, 2.45) is 29.1 Å². The molecule has 2 fully saturated rings. The Morgan fingerprint density at radius 2 is 1.52 bits per heavy atom. The van der Waals surface area contributed by atoms with Crippen LogP contribution in [0.1, 0.15) is 90.2 Å². The number of hydrogen-bond donors (Lipinski definition) is 0. The van der Waals surface area contributed by atoms with Gasteiger partial charge in [-0.25, -0.2) is 0 Å². The van der Waals surface area contributed by atoms with Crippen LogP contribution in [0.5, 0.6) is 0 Å². The van der Waals surface area contributed by atoms with Gasteiger partial charge in [0.2, 0.25) is 0 Å². The number of rotatable bonds is 4. The normalized spacial score (nSPS) is 30.7. The summed E-state index contributed by atoms with van der Waals surface area (Å²) in [6.07, 6.45) is 20.8. The zero-order valence-corrected chi connectivity index (χ0v) is 33.4. The van der Waals surface area contributed by atoms with Crippen LogP contribution in [0, 0.1) is 42.9 Å². The molecule has 236 valence electrons. The van der Waals surface area contributed by atoms with Gasteiger partial charge < -0.3 is 0 Å². The van der Waals surface area contributed by atoms with Crippen LogP contribution in [-0.4, -0.2) is 6.88 Å². The average molecular weight is 725 g/mol. The zero-order chi connectivity index (χ0) is 29.5. The summed E-state index contributed by atoms with van der Waals surface area (Å²) in [5.74, 6) is 3.01. The van der Waals surface area contributed by atoms with Gasteiger partial charge in [0.05, 0.1) is 0 Å². The van der Waals surface area contributed by atoms with E-state index in [0.717, 1.165) is 24.2 Å². The van der Waals surface area contributed by atoms with Gasteiger partial charge >= 0.3 is 260 Å². The van der Waals surface area contributed by atoms with Crippen molar-refractivity contribution < 1.29 is 17.4 Å². The van der Waals surface area contributed by atoms with Gasteiger partial charge in [0.15, 0.2) is 0 Å². The summed E-state index contributed by atoms with van der Waals surface area (Å²) in [5, 5.41) is 0. The maximum Gasteiger partial charge on any atom is -0.147 e. The first-order valence-corrected chi connectivity index (χ1v) is 27.8. The van der Waals surface area contributed by atoms with Crippen LogP contribution in [0.25, 0.3) is 0 Å². The van der Waals surface area contributed by atoms with E-state index in [1.54, 1.807) is 9.82 Å². The minimum atomic E-state index is -4.50. The van der Waals surface area contributed by atoms with Crippen molar-refractivity contribution in [3.8, 4) is 0 Å². The van der Waals surface area contributed by atoms with Crippen LogP contribution in [-0.2, 0) is 17.4 Å². The van der Waals surface area contributed by atoms with E-state index in [0.29, 0.717) is 5.92 Å². The Morgan fingerprint density at radius 3 is 2.11 bits per heavy atom. The number of aryl methyl sites for hydroxylation is 2. The summed E-state index contributed by atoms with van der Waals surface area (Å²) in [7, 11) is 0. The fourth-order valence-corrected chi connectivity index (χ4v) is 40.5. The molecule has 0 heterocycles. The van der Waals surface area contributed by atoms with Gasteiger partial charge in [0.25, 0.3) is 0 Å². The van der Waals surface area contributed by atoms with Crippen molar-refractivity contribution in [1.82, 2.24) is 0 Å². The van der Waals surface area contributed by atoms with Crippen molar-refractivity contribution in [3.63, 3.8) is 0 Å². The molecule has 0 saturated heterocycles. The van der Waals surface area contributed by atoms with E-state index in [9.17, 15) is 0 Å². The molecule has 0 aliphatic heterocycles. The van der Waals surface area contributed by atoms with E-state index in [-0.39, 0.29) is 33.4 Å². The topological polar surface area (TPSA) is 0 Å². The van der Waals surface area contributed by atoms with Crippen LogP contribution in [0.3, 0.4) is 0 Å². The van der Waals surface area contributed by atoms with Gasteiger partial charge in [-0.15, -0.1) is 24.8 Å². The number of halogens is 2. The molecule has 0 amide bonds. The smallest absolute Gasteiger partial charge is 0.147 e. The molecule has 2 aromatic rings. The van der Waals surface area contributed by atoms with E-state index >= 15 is 0 Å². The number of fused-ring (bicyclic) bond motifs is 4. The molecule has 2 saturated carbocycles. The second-order valence-electron chi connectivity index (χ2n) is 15.8. The molecule has 5 aliphatic carbocycles. The molecule has 0 nitrogen and oxygen atoms in total. The van der Waals surface area contributed by atoms with Gasteiger partial charge in [-0.3, -0.25) is 0 Å². The Labute approximate surface area is 282 Å². The maximum absolute atomic E-state index is 4.50. The molecule has 0 spiro atoms. The fourth-order valence-electron chi connectivity index (χ4n) is 11.5. The molecule has 5 atom stereocenters. The molecule has 44 heavy (non-hydrogen) atoms. The largest absolute Gasteiger partial charge is 0.147 e. The van der Waals surface area contributed by atoms with Crippen LogP contribution in [0.4, 0.5) is 0 Å². The minimum Gasteiger partial charge on any atom is -0.147 e. The van der Waals surface area contributed by atoms with Crippen LogP contribution in [0.2, 0.25) is 3.12 Å². The minimum absolute atomic E-state index is 0. The molecule has 0 N–H and O–H groups in total. The third-order valence-corrected chi connectivity index (χ3v) is 45.7. The molecule has 7 rings (SSSR count). The van der Waals surface area contributed by atoms with Crippen molar-refractivity contribution in [2.45, 2.75) is 96.0 Å². The van der Waals surface area contributed by atoms with Gasteiger partial charge in [-0.1, -0.05) is 0 Å². The molecule has 5 unspecified atom stereocenters. The Kier molecular flexibility index (Phi) is 9.35. The van der Waals surface area contributed by atoms with Gasteiger partial charge in [-0.2, -0.15) is 0 Å². The fraction of sp³-hybridized carbons (Fsp3) is 0.500. The molecule has 4 heteroatoms. The summed E-state index contributed by atoms with van der Waals surface area (Å²) in [4.78, 5) is 0. The molecule has 0 bridgehead atoms. The number of benzene rings is 2. The third kappa shape index (κ3) is 4.36. The molecular weight excluding hydrogens is 671 g/mol. The van der Waals surface area contributed by atoms with Gasteiger partial charge in [-0.05, 0) is 0 Å². The predicted molar refractivity (Wildman–Crippen MR) is 196 cm³/mol. The molecule has 0 radical (unpaired) electrons. The number of allylic oxidation sites excluding steroid dienone is 8. The molecule has 5 aliphatic rings.